The molecule has 5 nitrogen and oxygen atoms in total. The average Bonchev–Trinajstić information content (AvgIpc) is 2.75. The van der Waals surface area contributed by atoms with Gasteiger partial charge in [0.15, 0.2) is 0 Å². The first-order chi connectivity index (χ1) is 13.7. The van der Waals surface area contributed by atoms with E-state index in [1.165, 1.54) is 0 Å². The van der Waals surface area contributed by atoms with Crippen LogP contribution in [0.25, 0.3) is 0 Å². The summed E-state index contributed by atoms with van der Waals surface area (Å²) in [6.45, 7) is 0. The second kappa shape index (κ2) is 9.83. The molecule has 0 saturated carbocycles. The van der Waals surface area contributed by atoms with Crippen molar-refractivity contribution in [2.75, 3.05) is 5.32 Å². The van der Waals surface area contributed by atoms with Gasteiger partial charge in [0.2, 0.25) is 5.91 Å². The number of para-hydroxylation sites is 1. The van der Waals surface area contributed by atoms with Crippen molar-refractivity contribution >= 4 is 23.2 Å². The van der Waals surface area contributed by atoms with Gasteiger partial charge in [-0.3, -0.25) is 9.59 Å². The Bertz CT molecular complexity index is 939. The number of hydrogen-bond acceptors (Lipinski definition) is 3. The summed E-state index contributed by atoms with van der Waals surface area (Å²) in [5, 5.41) is 7.14. The van der Waals surface area contributed by atoms with Crippen LogP contribution in [0.15, 0.2) is 96.1 Å². The zero-order valence-electron chi connectivity index (χ0n) is 15.3. The molecule has 0 unspecified atom stereocenters. The Morgan fingerprint density at radius 3 is 1.82 bits per heavy atom. The SMILES string of the molecule is O=C(CC/C(=N/NC(=O)c1ccccc1)c1ccccc1)Nc1ccccc1. The van der Waals surface area contributed by atoms with Gasteiger partial charge in [-0.2, -0.15) is 5.10 Å². The first kappa shape index (κ1) is 19.0. The standard InChI is InChI=1S/C23H21N3O2/c27-22(24-20-14-8-3-9-15-20)17-16-21(18-10-4-1-5-11-18)25-26-23(28)19-12-6-2-7-13-19/h1-15H,16-17H2,(H,24,27)(H,26,28)/b25-21-. The predicted octanol–water partition coefficient (Wildman–Crippen LogP) is 4.24. The summed E-state index contributed by atoms with van der Waals surface area (Å²) in [6.07, 6.45) is 0.654. The lowest BCUT2D eigenvalue weighted by molar-refractivity contribution is -0.116. The van der Waals surface area contributed by atoms with Crippen LogP contribution in [0.1, 0.15) is 28.8 Å². The molecule has 3 aromatic rings. The third-order valence-corrected chi connectivity index (χ3v) is 4.08. The Labute approximate surface area is 164 Å². The number of benzene rings is 3. The smallest absolute Gasteiger partial charge is 0.271 e. The summed E-state index contributed by atoms with van der Waals surface area (Å²) in [7, 11) is 0. The summed E-state index contributed by atoms with van der Waals surface area (Å²) < 4.78 is 0. The van der Waals surface area contributed by atoms with E-state index in [1.54, 1.807) is 24.3 Å². The molecule has 0 aliphatic carbocycles. The highest BCUT2D eigenvalue weighted by Gasteiger charge is 2.10. The van der Waals surface area contributed by atoms with Gasteiger partial charge in [0.1, 0.15) is 0 Å². The van der Waals surface area contributed by atoms with E-state index in [4.69, 9.17) is 0 Å². The van der Waals surface area contributed by atoms with Crippen LogP contribution in [0.5, 0.6) is 0 Å². The van der Waals surface area contributed by atoms with Gasteiger partial charge < -0.3 is 5.32 Å². The van der Waals surface area contributed by atoms with Crippen molar-refractivity contribution in [1.82, 2.24) is 5.43 Å². The fourth-order valence-electron chi connectivity index (χ4n) is 2.64. The maximum absolute atomic E-state index is 12.3. The lowest BCUT2D eigenvalue weighted by atomic mass is 10.1. The summed E-state index contributed by atoms with van der Waals surface area (Å²) in [5.41, 5.74) is 5.38. The van der Waals surface area contributed by atoms with Crippen LogP contribution in [-0.2, 0) is 4.79 Å². The summed E-state index contributed by atoms with van der Waals surface area (Å²) in [6, 6.07) is 27.7. The lowest BCUT2D eigenvalue weighted by Gasteiger charge is -2.09. The number of hydrogen-bond donors (Lipinski definition) is 2. The largest absolute Gasteiger partial charge is 0.326 e. The molecule has 0 radical (unpaired) electrons. The minimum atomic E-state index is -0.289. The quantitative estimate of drug-likeness (QED) is 0.482. The van der Waals surface area contributed by atoms with Crippen molar-refractivity contribution in [2.45, 2.75) is 12.8 Å². The van der Waals surface area contributed by atoms with E-state index in [0.29, 0.717) is 17.7 Å². The molecule has 0 heterocycles. The first-order valence-electron chi connectivity index (χ1n) is 9.04. The highest BCUT2D eigenvalue weighted by molar-refractivity contribution is 6.04. The Kier molecular flexibility index (Phi) is 6.68. The Hall–Kier alpha value is -3.73. The van der Waals surface area contributed by atoms with Crippen molar-refractivity contribution in [2.24, 2.45) is 5.10 Å². The third kappa shape index (κ3) is 5.64. The molecule has 0 aromatic heterocycles. The van der Waals surface area contributed by atoms with E-state index in [0.717, 1.165) is 11.3 Å². The van der Waals surface area contributed by atoms with Crippen LogP contribution in [0.4, 0.5) is 5.69 Å². The van der Waals surface area contributed by atoms with Crippen LogP contribution in [0.2, 0.25) is 0 Å². The van der Waals surface area contributed by atoms with E-state index in [2.05, 4.69) is 15.8 Å². The van der Waals surface area contributed by atoms with Gasteiger partial charge in [-0.15, -0.1) is 0 Å². The van der Waals surface area contributed by atoms with E-state index in [9.17, 15) is 9.59 Å². The predicted molar refractivity (Wildman–Crippen MR) is 111 cm³/mol. The number of rotatable bonds is 7. The van der Waals surface area contributed by atoms with E-state index < -0.39 is 0 Å². The van der Waals surface area contributed by atoms with Gasteiger partial charge in [-0.1, -0.05) is 66.7 Å². The van der Waals surface area contributed by atoms with Gasteiger partial charge in [-0.05, 0) is 29.8 Å². The topological polar surface area (TPSA) is 70.6 Å². The summed E-state index contributed by atoms with van der Waals surface area (Å²) in [4.78, 5) is 24.5. The molecule has 3 aromatic carbocycles. The Morgan fingerprint density at radius 1 is 0.679 bits per heavy atom. The molecule has 0 atom stereocenters. The number of carbonyl (C=O) groups is 2. The molecular weight excluding hydrogens is 350 g/mol. The first-order valence-corrected chi connectivity index (χ1v) is 9.04. The molecule has 2 amide bonds. The highest BCUT2D eigenvalue weighted by atomic mass is 16.2. The van der Waals surface area contributed by atoms with E-state index in [1.807, 2.05) is 66.7 Å². The second-order valence-corrected chi connectivity index (χ2v) is 6.15. The van der Waals surface area contributed by atoms with Gasteiger partial charge in [-0.25, -0.2) is 5.43 Å². The molecule has 0 spiro atoms. The fourth-order valence-corrected chi connectivity index (χ4v) is 2.64. The van der Waals surface area contributed by atoms with Crippen LogP contribution >= 0.6 is 0 Å². The lowest BCUT2D eigenvalue weighted by Crippen LogP contribution is -2.21. The molecule has 5 heteroatoms. The molecule has 0 aliphatic heterocycles. The van der Waals surface area contributed by atoms with Crippen LogP contribution in [0, 0.1) is 0 Å². The van der Waals surface area contributed by atoms with Crippen molar-refractivity contribution in [1.29, 1.82) is 0 Å². The number of anilines is 1. The molecule has 0 saturated heterocycles. The van der Waals surface area contributed by atoms with Crippen molar-refractivity contribution in [3.05, 3.63) is 102 Å². The molecular formula is C23H21N3O2. The zero-order chi connectivity index (χ0) is 19.6. The van der Waals surface area contributed by atoms with Gasteiger partial charge in [0.05, 0.1) is 5.71 Å². The van der Waals surface area contributed by atoms with Crippen molar-refractivity contribution in [3.63, 3.8) is 0 Å². The highest BCUT2D eigenvalue weighted by Crippen LogP contribution is 2.10. The average molecular weight is 371 g/mol. The number of hydrazone groups is 1. The molecule has 0 bridgehead atoms. The normalized spacial score (nSPS) is 10.9. The van der Waals surface area contributed by atoms with Crippen LogP contribution < -0.4 is 10.7 Å². The van der Waals surface area contributed by atoms with Crippen molar-refractivity contribution < 1.29 is 9.59 Å². The Morgan fingerprint density at radius 2 is 1.21 bits per heavy atom. The minimum absolute atomic E-state index is 0.107. The molecule has 2 N–H and O–H groups in total. The zero-order valence-corrected chi connectivity index (χ0v) is 15.3. The van der Waals surface area contributed by atoms with E-state index >= 15 is 0 Å². The number of nitrogens with one attached hydrogen (secondary N) is 2. The maximum atomic E-state index is 12.3. The number of nitrogens with zero attached hydrogens (tertiary/aromatic N) is 1. The molecule has 0 aliphatic rings. The van der Waals surface area contributed by atoms with Crippen molar-refractivity contribution in [3.8, 4) is 0 Å². The summed E-state index contributed by atoms with van der Waals surface area (Å²) in [5.74, 6) is -0.396. The molecule has 140 valence electrons. The van der Waals surface area contributed by atoms with Crippen LogP contribution in [-0.4, -0.2) is 17.5 Å². The third-order valence-electron chi connectivity index (χ3n) is 4.08. The van der Waals surface area contributed by atoms with Gasteiger partial charge in [0, 0.05) is 24.1 Å². The fraction of sp³-hybridized carbons (Fsp3) is 0.0870. The van der Waals surface area contributed by atoms with Crippen LogP contribution in [0.3, 0.4) is 0 Å². The van der Waals surface area contributed by atoms with Gasteiger partial charge >= 0.3 is 0 Å². The maximum Gasteiger partial charge on any atom is 0.271 e. The minimum Gasteiger partial charge on any atom is -0.326 e. The molecule has 3 rings (SSSR count). The molecule has 28 heavy (non-hydrogen) atoms. The number of amides is 2. The second-order valence-electron chi connectivity index (χ2n) is 6.15. The number of carbonyl (C=O) groups excluding carboxylic acids is 2. The molecule has 0 fully saturated rings. The van der Waals surface area contributed by atoms with E-state index in [-0.39, 0.29) is 18.2 Å². The Balaban J connectivity index is 1.67. The van der Waals surface area contributed by atoms with Gasteiger partial charge in [0.25, 0.3) is 5.91 Å². The summed E-state index contributed by atoms with van der Waals surface area (Å²) >= 11 is 0. The monoisotopic (exact) mass is 371 g/mol.